The molecule has 4 nitrogen and oxygen atoms in total. The zero-order valence-electron chi connectivity index (χ0n) is 11.7. The molecule has 2 heterocycles. The van der Waals surface area contributed by atoms with Crippen LogP contribution in [0.25, 0.3) is 0 Å². The Hall–Kier alpha value is -1.29. The fraction of sp³-hybridized carbons (Fsp3) is 0.667. The summed E-state index contributed by atoms with van der Waals surface area (Å²) in [5.74, 6) is 0.920. The van der Waals surface area contributed by atoms with E-state index in [1.54, 1.807) is 6.20 Å². The summed E-state index contributed by atoms with van der Waals surface area (Å²) in [6, 6.07) is 4.59. The van der Waals surface area contributed by atoms with E-state index in [2.05, 4.69) is 15.6 Å². The van der Waals surface area contributed by atoms with Crippen LogP contribution in [0.4, 0.5) is 11.5 Å². The van der Waals surface area contributed by atoms with Crippen molar-refractivity contribution >= 4 is 11.5 Å². The third-order valence-electron chi connectivity index (χ3n) is 3.73. The second-order valence-electron chi connectivity index (χ2n) is 5.40. The summed E-state index contributed by atoms with van der Waals surface area (Å²) >= 11 is 0. The standard InChI is InChI=1S/C15H26N4/c16-13-8-9-15(19-12-13)18-11-4-1-2-6-14-7-3-5-10-17-14/h8-9,12,14,17H,1-7,10-11,16H2,(H,18,19). The third-order valence-corrected chi connectivity index (χ3v) is 3.73. The molecule has 0 aliphatic carbocycles. The van der Waals surface area contributed by atoms with Gasteiger partial charge in [0, 0.05) is 12.6 Å². The Balaban J connectivity index is 1.49. The predicted molar refractivity (Wildman–Crippen MR) is 81.2 cm³/mol. The molecule has 1 aliphatic rings. The summed E-state index contributed by atoms with van der Waals surface area (Å²) in [6.45, 7) is 2.21. The second kappa shape index (κ2) is 8.00. The molecule has 1 aromatic rings. The molecule has 4 heteroatoms. The van der Waals surface area contributed by atoms with Gasteiger partial charge in [0.1, 0.15) is 5.82 Å². The van der Waals surface area contributed by atoms with Crippen molar-refractivity contribution in [3.8, 4) is 0 Å². The van der Waals surface area contributed by atoms with Crippen LogP contribution in [0, 0.1) is 0 Å². The number of rotatable bonds is 7. The van der Waals surface area contributed by atoms with Gasteiger partial charge in [0.2, 0.25) is 0 Å². The average Bonchev–Trinajstić information content (AvgIpc) is 2.46. The summed E-state index contributed by atoms with van der Waals surface area (Å²) in [5.41, 5.74) is 6.31. The lowest BCUT2D eigenvalue weighted by molar-refractivity contribution is 0.372. The Kier molecular flexibility index (Phi) is 5.95. The molecule has 1 saturated heterocycles. The van der Waals surface area contributed by atoms with Crippen molar-refractivity contribution < 1.29 is 0 Å². The molecule has 1 atom stereocenters. The van der Waals surface area contributed by atoms with E-state index in [-0.39, 0.29) is 0 Å². The van der Waals surface area contributed by atoms with E-state index in [1.165, 1.54) is 51.5 Å². The number of unbranched alkanes of at least 4 members (excludes halogenated alkanes) is 2. The van der Waals surface area contributed by atoms with E-state index in [0.29, 0.717) is 5.69 Å². The molecule has 19 heavy (non-hydrogen) atoms. The van der Waals surface area contributed by atoms with Gasteiger partial charge < -0.3 is 16.4 Å². The van der Waals surface area contributed by atoms with Gasteiger partial charge in [-0.3, -0.25) is 0 Å². The lowest BCUT2D eigenvalue weighted by Gasteiger charge is -2.23. The van der Waals surface area contributed by atoms with Crippen LogP contribution < -0.4 is 16.4 Å². The molecule has 1 aliphatic heterocycles. The summed E-state index contributed by atoms with van der Waals surface area (Å²) in [7, 11) is 0. The number of aromatic nitrogens is 1. The molecule has 4 N–H and O–H groups in total. The molecular weight excluding hydrogens is 236 g/mol. The zero-order valence-corrected chi connectivity index (χ0v) is 11.7. The number of hydrogen-bond donors (Lipinski definition) is 3. The van der Waals surface area contributed by atoms with Gasteiger partial charge in [0.05, 0.1) is 11.9 Å². The molecule has 0 saturated carbocycles. The summed E-state index contributed by atoms with van der Waals surface area (Å²) in [4.78, 5) is 4.22. The maximum absolute atomic E-state index is 5.60. The molecule has 0 amide bonds. The Morgan fingerprint density at radius 3 is 2.95 bits per heavy atom. The molecule has 0 radical (unpaired) electrons. The van der Waals surface area contributed by atoms with Gasteiger partial charge in [-0.25, -0.2) is 4.98 Å². The number of nitrogens with one attached hydrogen (secondary N) is 2. The molecule has 2 rings (SSSR count). The maximum Gasteiger partial charge on any atom is 0.126 e. The smallest absolute Gasteiger partial charge is 0.126 e. The van der Waals surface area contributed by atoms with Gasteiger partial charge in [-0.15, -0.1) is 0 Å². The quantitative estimate of drug-likeness (QED) is 0.661. The highest BCUT2D eigenvalue weighted by Gasteiger charge is 2.11. The minimum Gasteiger partial charge on any atom is -0.397 e. The van der Waals surface area contributed by atoms with Crippen LogP contribution in [0.15, 0.2) is 18.3 Å². The van der Waals surface area contributed by atoms with E-state index in [1.807, 2.05) is 12.1 Å². The van der Waals surface area contributed by atoms with E-state index < -0.39 is 0 Å². The normalized spacial score (nSPS) is 19.3. The zero-order chi connectivity index (χ0) is 13.3. The number of pyridine rings is 1. The van der Waals surface area contributed by atoms with Gasteiger partial charge in [0.25, 0.3) is 0 Å². The fourth-order valence-corrected chi connectivity index (χ4v) is 2.59. The fourth-order valence-electron chi connectivity index (χ4n) is 2.59. The highest BCUT2D eigenvalue weighted by atomic mass is 15.0. The van der Waals surface area contributed by atoms with Crippen molar-refractivity contribution in [1.82, 2.24) is 10.3 Å². The molecular formula is C15H26N4. The molecule has 1 fully saturated rings. The Labute approximate surface area is 116 Å². The van der Waals surface area contributed by atoms with Crippen molar-refractivity contribution in [3.63, 3.8) is 0 Å². The first-order valence-electron chi connectivity index (χ1n) is 7.53. The number of nitrogens with zero attached hydrogens (tertiary/aromatic N) is 1. The van der Waals surface area contributed by atoms with Gasteiger partial charge >= 0.3 is 0 Å². The Bertz CT molecular complexity index is 344. The van der Waals surface area contributed by atoms with Crippen molar-refractivity contribution in [2.24, 2.45) is 0 Å². The highest BCUT2D eigenvalue weighted by molar-refractivity contribution is 5.43. The Morgan fingerprint density at radius 2 is 2.21 bits per heavy atom. The summed E-state index contributed by atoms with van der Waals surface area (Å²) in [6.07, 6.45) is 11.0. The molecule has 0 aromatic carbocycles. The predicted octanol–water partition coefficient (Wildman–Crippen LogP) is 2.78. The minimum absolute atomic E-state index is 0.713. The van der Waals surface area contributed by atoms with Gasteiger partial charge in [-0.05, 0) is 44.4 Å². The van der Waals surface area contributed by atoms with E-state index in [9.17, 15) is 0 Å². The van der Waals surface area contributed by atoms with Crippen LogP contribution >= 0.6 is 0 Å². The lowest BCUT2D eigenvalue weighted by Crippen LogP contribution is -2.33. The van der Waals surface area contributed by atoms with E-state index >= 15 is 0 Å². The van der Waals surface area contributed by atoms with Crippen LogP contribution in [-0.2, 0) is 0 Å². The largest absolute Gasteiger partial charge is 0.397 e. The van der Waals surface area contributed by atoms with Crippen LogP contribution in [-0.4, -0.2) is 24.1 Å². The van der Waals surface area contributed by atoms with Crippen LogP contribution in [0.2, 0.25) is 0 Å². The number of hydrogen-bond acceptors (Lipinski definition) is 4. The lowest BCUT2D eigenvalue weighted by atomic mass is 9.99. The van der Waals surface area contributed by atoms with Gasteiger partial charge in [0.15, 0.2) is 0 Å². The number of anilines is 2. The highest BCUT2D eigenvalue weighted by Crippen LogP contribution is 2.13. The molecule has 0 bridgehead atoms. The first kappa shape index (κ1) is 14.1. The van der Waals surface area contributed by atoms with Crippen LogP contribution in [0.1, 0.15) is 44.9 Å². The third kappa shape index (κ3) is 5.47. The summed E-state index contributed by atoms with van der Waals surface area (Å²) in [5, 5.41) is 6.93. The topological polar surface area (TPSA) is 63.0 Å². The maximum atomic E-state index is 5.60. The van der Waals surface area contributed by atoms with Crippen LogP contribution in [0.5, 0.6) is 0 Å². The first-order chi connectivity index (χ1) is 9.34. The number of piperidine rings is 1. The minimum atomic E-state index is 0.713. The van der Waals surface area contributed by atoms with Gasteiger partial charge in [-0.2, -0.15) is 0 Å². The molecule has 106 valence electrons. The van der Waals surface area contributed by atoms with Crippen molar-refractivity contribution in [2.75, 3.05) is 24.1 Å². The first-order valence-corrected chi connectivity index (χ1v) is 7.53. The van der Waals surface area contributed by atoms with E-state index in [0.717, 1.165) is 18.4 Å². The average molecular weight is 262 g/mol. The second-order valence-corrected chi connectivity index (χ2v) is 5.40. The van der Waals surface area contributed by atoms with Crippen molar-refractivity contribution in [3.05, 3.63) is 18.3 Å². The van der Waals surface area contributed by atoms with Crippen LogP contribution in [0.3, 0.4) is 0 Å². The number of nitrogen functional groups attached to an aromatic ring is 1. The molecule has 0 spiro atoms. The van der Waals surface area contributed by atoms with E-state index in [4.69, 9.17) is 5.73 Å². The SMILES string of the molecule is Nc1ccc(NCCCCCC2CCCCN2)nc1. The monoisotopic (exact) mass is 262 g/mol. The molecule has 1 unspecified atom stereocenters. The number of nitrogens with two attached hydrogens (primary N) is 1. The van der Waals surface area contributed by atoms with Gasteiger partial charge in [-0.1, -0.05) is 19.3 Å². The molecule has 1 aromatic heterocycles. The summed E-state index contributed by atoms with van der Waals surface area (Å²) < 4.78 is 0. The Morgan fingerprint density at radius 1 is 1.26 bits per heavy atom. The van der Waals surface area contributed by atoms with Crippen molar-refractivity contribution in [2.45, 2.75) is 51.0 Å². The van der Waals surface area contributed by atoms with Crippen molar-refractivity contribution in [1.29, 1.82) is 0 Å².